The van der Waals surface area contributed by atoms with Crippen LogP contribution in [0.3, 0.4) is 0 Å². The summed E-state index contributed by atoms with van der Waals surface area (Å²) in [6, 6.07) is 9.92. The third-order valence-corrected chi connectivity index (χ3v) is 3.43. The van der Waals surface area contributed by atoms with Crippen molar-refractivity contribution in [2.45, 2.75) is 13.5 Å². The Morgan fingerprint density at radius 2 is 2.00 bits per heavy atom. The van der Waals surface area contributed by atoms with Gasteiger partial charge in [-0.2, -0.15) is 0 Å². The third kappa shape index (κ3) is 3.75. The summed E-state index contributed by atoms with van der Waals surface area (Å²) in [5, 5.41) is 10.9. The number of anilines is 1. The van der Waals surface area contributed by atoms with Crippen LogP contribution in [-0.2, 0) is 11.3 Å². The van der Waals surface area contributed by atoms with Crippen molar-refractivity contribution in [1.82, 2.24) is 4.57 Å². The van der Waals surface area contributed by atoms with E-state index in [-0.39, 0.29) is 17.5 Å². The molecule has 0 N–H and O–H groups in total. The first kappa shape index (κ1) is 16.7. The third-order valence-electron chi connectivity index (χ3n) is 3.22. The molecular weight excluding hydrogens is 322 g/mol. The number of rotatable bonds is 5. The Morgan fingerprint density at radius 3 is 2.57 bits per heavy atom. The summed E-state index contributed by atoms with van der Waals surface area (Å²) in [5.41, 5.74) is -0.838. The summed E-state index contributed by atoms with van der Waals surface area (Å²) in [7, 11) is 0. The van der Waals surface area contributed by atoms with E-state index in [0.29, 0.717) is 12.2 Å². The highest BCUT2D eigenvalue weighted by Gasteiger charge is 2.20. The maximum Gasteiger partial charge on any atom is 0.335 e. The van der Waals surface area contributed by atoms with E-state index in [0.717, 1.165) is 10.6 Å². The Morgan fingerprint density at radius 1 is 1.35 bits per heavy atom. The number of para-hydroxylation sites is 1. The summed E-state index contributed by atoms with van der Waals surface area (Å²) in [6.45, 7) is 1.87. The molecule has 0 aliphatic heterocycles. The quantitative estimate of drug-likeness (QED) is 0.620. The lowest BCUT2D eigenvalue weighted by molar-refractivity contribution is -0.386. The second kappa shape index (κ2) is 7.06. The van der Waals surface area contributed by atoms with Crippen LogP contribution in [0.4, 0.5) is 11.4 Å². The fourth-order valence-corrected chi connectivity index (χ4v) is 2.40. The number of hydrogen-bond donors (Lipinski definition) is 0. The number of likely N-dealkylation sites (N-methyl/N-ethyl adjacent to an activating group) is 1. The van der Waals surface area contributed by atoms with Gasteiger partial charge in [0.25, 0.3) is 0 Å². The van der Waals surface area contributed by atoms with Gasteiger partial charge in [0.2, 0.25) is 5.91 Å². The maximum atomic E-state index is 12.4. The molecule has 0 saturated heterocycles. The van der Waals surface area contributed by atoms with Crippen LogP contribution in [0, 0.1) is 10.1 Å². The number of carbonyl (C=O) groups is 1. The Kier molecular flexibility index (Phi) is 5.13. The van der Waals surface area contributed by atoms with Crippen LogP contribution in [0.5, 0.6) is 0 Å². The molecule has 0 radical (unpaired) electrons. The van der Waals surface area contributed by atoms with Crippen LogP contribution < -0.4 is 10.5 Å². The Hall–Kier alpha value is -2.67. The first-order chi connectivity index (χ1) is 10.9. The number of aromatic nitrogens is 1. The average molecular weight is 336 g/mol. The molecular formula is C15H14ClN3O4. The van der Waals surface area contributed by atoms with E-state index in [1.165, 1.54) is 11.1 Å². The first-order valence-electron chi connectivity index (χ1n) is 6.83. The standard InChI is InChI=1S/C15H14ClN3O4/c1-2-18(12-6-4-3-5-7-12)14(20)10-17-9-11(16)8-13(15(17)21)19(22)23/h3-9H,2,10H2,1H3. The molecule has 0 fully saturated rings. The molecule has 0 unspecified atom stereocenters. The van der Waals surface area contributed by atoms with Gasteiger partial charge in [-0.25, -0.2) is 0 Å². The summed E-state index contributed by atoms with van der Waals surface area (Å²) in [4.78, 5) is 36.0. The lowest BCUT2D eigenvalue weighted by atomic mass is 10.3. The number of nitro groups is 1. The zero-order chi connectivity index (χ0) is 17.0. The van der Waals surface area contributed by atoms with Gasteiger partial charge >= 0.3 is 11.2 Å². The smallest absolute Gasteiger partial charge is 0.311 e. The molecule has 1 heterocycles. The molecule has 0 atom stereocenters. The largest absolute Gasteiger partial charge is 0.335 e. The molecule has 0 aliphatic carbocycles. The number of pyridine rings is 1. The molecule has 8 heteroatoms. The Balaban J connectivity index is 2.33. The molecule has 23 heavy (non-hydrogen) atoms. The van der Waals surface area contributed by atoms with Gasteiger partial charge in [-0.3, -0.25) is 24.3 Å². The van der Waals surface area contributed by atoms with Crippen molar-refractivity contribution < 1.29 is 9.72 Å². The SMILES string of the molecule is CCN(C(=O)Cn1cc(Cl)cc([N+](=O)[O-])c1=O)c1ccccc1. The van der Waals surface area contributed by atoms with Crippen molar-refractivity contribution >= 4 is 28.9 Å². The molecule has 0 saturated carbocycles. The van der Waals surface area contributed by atoms with Gasteiger partial charge in [0.05, 0.1) is 9.95 Å². The molecule has 2 rings (SSSR count). The van der Waals surface area contributed by atoms with Gasteiger partial charge in [-0.1, -0.05) is 29.8 Å². The lowest BCUT2D eigenvalue weighted by Gasteiger charge is -2.21. The average Bonchev–Trinajstić information content (AvgIpc) is 2.52. The molecule has 0 spiro atoms. The summed E-state index contributed by atoms with van der Waals surface area (Å²) in [5.74, 6) is -0.364. The zero-order valence-corrected chi connectivity index (χ0v) is 13.1. The van der Waals surface area contributed by atoms with Crippen molar-refractivity contribution in [1.29, 1.82) is 0 Å². The summed E-state index contributed by atoms with van der Waals surface area (Å²) >= 11 is 5.79. The monoisotopic (exact) mass is 335 g/mol. The van der Waals surface area contributed by atoms with Gasteiger partial charge < -0.3 is 4.90 Å². The van der Waals surface area contributed by atoms with Gasteiger partial charge in [0.1, 0.15) is 6.54 Å². The van der Waals surface area contributed by atoms with Crippen molar-refractivity contribution in [3.05, 3.63) is 68.1 Å². The van der Waals surface area contributed by atoms with Crippen molar-refractivity contribution in [3.8, 4) is 0 Å². The van der Waals surface area contributed by atoms with Gasteiger partial charge in [-0.05, 0) is 19.1 Å². The molecule has 1 aromatic carbocycles. The van der Waals surface area contributed by atoms with E-state index in [4.69, 9.17) is 11.6 Å². The minimum absolute atomic E-state index is 0.0202. The predicted octanol–water partition coefficient (Wildman–Crippen LogP) is 2.46. The highest BCUT2D eigenvalue weighted by Crippen LogP contribution is 2.15. The van der Waals surface area contributed by atoms with Crippen LogP contribution in [0.25, 0.3) is 0 Å². The van der Waals surface area contributed by atoms with E-state index >= 15 is 0 Å². The molecule has 2 aromatic rings. The van der Waals surface area contributed by atoms with Crippen LogP contribution in [0.15, 0.2) is 47.4 Å². The number of hydrogen-bond acceptors (Lipinski definition) is 4. The number of halogens is 1. The minimum atomic E-state index is -0.864. The highest BCUT2D eigenvalue weighted by atomic mass is 35.5. The lowest BCUT2D eigenvalue weighted by Crippen LogP contribution is -2.36. The summed E-state index contributed by atoms with van der Waals surface area (Å²) in [6.07, 6.45) is 1.22. The fraction of sp³-hybridized carbons (Fsp3) is 0.200. The molecule has 0 bridgehead atoms. The van der Waals surface area contributed by atoms with E-state index in [2.05, 4.69) is 0 Å². The van der Waals surface area contributed by atoms with Crippen LogP contribution >= 0.6 is 11.6 Å². The van der Waals surface area contributed by atoms with Gasteiger partial charge in [-0.15, -0.1) is 0 Å². The second-order valence-electron chi connectivity index (χ2n) is 4.71. The van der Waals surface area contributed by atoms with Gasteiger partial charge in [0, 0.05) is 24.5 Å². The van der Waals surface area contributed by atoms with E-state index < -0.39 is 16.2 Å². The van der Waals surface area contributed by atoms with Crippen LogP contribution in [0.1, 0.15) is 6.92 Å². The van der Waals surface area contributed by atoms with Gasteiger partial charge in [0.15, 0.2) is 0 Å². The fourth-order valence-electron chi connectivity index (χ4n) is 2.17. The summed E-state index contributed by atoms with van der Waals surface area (Å²) < 4.78 is 0.953. The van der Waals surface area contributed by atoms with E-state index in [1.807, 2.05) is 6.07 Å². The van der Waals surface area contributed by atoms with E-state index in [1.54, 1.807) is 31.2 Å². The van der Waals surface area contributed by atoms with Crippen molar-refractivity contribution in [2.24, 2.45) is 0 Å². The Labute approximate surface area is 136 Å². The topological polar surface area (TPSA) is 85.4 Å². The molecule has 1 amide bonds. The van der Waals surface area contributed by atoms with Crippen molar-refractivity contribution in [2.75, 3.05) is 11.4 Å². The normalized spacial score (nSPS) is 10.3. The van der Waals surface area contributed by atoms with E-state index in [9.17, 15) is 19.7 Å². The zero-order valence-electron chi connectivity index (χ0n) is 12.3. The molecule has 120 valence electrons. The molecule has 0 aliphatic rings. The first-order valence-corrected chi connectivity index (χ1v) is 7.21. The number of nitrogens with zero attached hydrogens (tertiary/aromatic N) is 3. The molecule has 7 nitrogen and oxygen atoms in total. The number of carbonyl (C=O) groups excluding carboxylic acids is 1. The number of amides is 1. The van der Waals surface area contributed by atoms with Crippen LogP contribution in [-0.4, -0.2) is 21.9 Å². The predicted molar refractivity (Wildman–Crippen MR) is 86.8 cm³/mol. The second-order valence-corrected chi connectivity index (χ2v) is 5.14. The Bertz CT molecular complexity index is 789. The van der Waals surface area contributed by atoms with Crippen LogP contribution in [0.2, 0.25) is 5.02 Å². The molecule has 1 aromatic heterocycles. The highest BCUT2D eigenvalue weighted by molar-refractivity contribution is 6.30. The van der Waals surface area contributed by atoms with Crippen molar-refractivity contribution in [3.63, 3.8) is 0 Å². The maximum absolute atomic E-state index is 12.4. The number of benzene rings is 1. The minimum Gasteiger partial charge on any atom is -0.311 e.